The zero-order valence-corrected chi connectivity index (χ0v) is 13.6. The highest BCUT2D eigenvalue weighted by Gasteiger charge is 2.40. The predicted molar refractivity (Wildman–Crippen MR) is 86.3 cm³/mol. The maximum absolute atomic E-state index is 10.5. The topological polar surface area (TPSA) is 29.5 Å². The van der Waals surface area contributed by atoms with Gasteiger partial charge in [0.15, 0.2) is 0 Å². The first-order chi connectivity index (χ1) is 10.0. The van der Waals surface area contributed by atoms with E-state index in [-0.39, 0.29) is 5.41 Å². The maximum Gasteiger partial charge on any atom is 0.127 e. The lowest BCUT2D eigenvalue weighted by Crippen LogP contribution is -2.17. The molecule has 21 heavy (non-hydrogen) atoms. The standard InChI is InChI=1S/C19H28O2/c1-4-5-6-10-19(2,3)13-11-15(20)18-14-8-7-9-16(14)21-17(18)12-13/h11-12,14,16,20H,4-10H2,1-3H3. The van der Waals surface area contributed by atoms with Crippen LogP contribution in [-0.4, -0.2) is 11.2 Å². The van der Waals surface area contributed by atoms with Gasteiger partial charge in [-0.25, -0.2) is 0 Å². The van der Waals surface area contributed by atoms with E-state index in [2.05, 4.69) is 26.8 Å². The molecule has 1 aromatic carbocycles. The van der Waals surface area contributed by atoms with Gasteiger partial charge in [0.1, 0.15) is 17.6 Å². The van der Waals surface area contributed by atoms with Crippen LogP contribution < -0.4 is 4.74 Å². The number of unbranched alkanes of at least 4 members (excludes halogenated alkanes) is 2. The van der Waals surface area contributed by atoms with Crippen molar-refractivity contribution in [1.82, 2.24) is 0 Å². The number of fused-ring (bicyclic) bond motifs is 3. The van der Waals surface area contributed by atoms with Crippen LogP contribution >= 0.6 is 0 Å². The molecule has 1 aliphatic carbocycles. The van der Waals surface area contributed by atoms with E-state index in [1.165, 1.54) is 31.2 Å². The molecule has 2 nitrogen and oxygen atoms in total. The van der Waals surface area contributed by atoms with Crippen molar-refractivity contribution in [3.8, 4) is 11.5 Å². The summed E-state index contributed by atoms with van der Waals surface area (Å²) < 4.78 is 6.11. The summed E-state index contributed by atoms with van der Waals surface area (Å²) in [6, 6.07) is 4.19. The number of ether oxygens (including phenoxy) is 1. The van der Waals surface area contributed by atoms with E-state index in [0.29, 0.717) is 17.8 Å². The van der Waals surface area contributed by atoms with Crippen molar-refractivity contribution in [3.05, 3.63) is 23.3 Å². The van der Waals surface area contributed by atoms with Gasteiger partial charge in [-0.2, -0.15) is 0 Å². The molecule has 2 atom stereocenters. The Labute approximate surface area is 128 Å². The molecule has 0 spiro atoms. The van der Waals surface area contributed by atoms with Crippen LogP contribution in [0.4, 0.5) is 0 Å². The fourth-order valence-corrected chi connectivity index (χ4v) is 3.99. The molecule has 1 aliphatic heterocycles. The van der Waals surface area contributed by atoms with Gasteiger partial charge in [0.2, 0.25) is 0 Å². The molecular weight excluding hydrogens is 260 g/mol. The Balaban J connectivity index is 1.86. The molecule has 0 amide bonds. The molecule has 1 heterocycles. The summed E-state index contributed by atoms with van der Waals surface area (Å²) in [5.74, 6) is 1.83. The Morgan fingerprint density at radius 2 is 2.05 bits per heavy atom. The van der Waals surface area contributed by atoms with Crippen molar-refractivity contribution in [3.63, 3.8) is 0 Å². The molecule has 1 N–H and O–H groups in total. The Morgan fingerprint density at radius 1 is 1.24 bits per heavy atom. The molecule has 116 valence electrons. The van der Waals surface area contributed by atoms with Crippen molar-refractivity contribution in [1.29, 1.82) is 0 Å². The quantitative estimate of drug-likeness (QED) is 0.747. The van der Waals surface area contributed by atoms with E-state index in [9.17, 15) is 5.11 Å². The monoisotopic (exact) mass is 288 g/mol. The second-order valence-electron chi connectivity index (χ2n) is 7.44. The zero-order chi connectivity index (χ0) is 15.0. The van der Waals surface area contributed by atoms with Gasteiger partial charge in [0, 0.05) is 11.5 Å². The van der Waals surface area contributed by atoms with Crippen molar-refractivity contribution in [2.45, 2.75) is 83.2 Å². The van der Waals surface area contributed by atoms with Gasteiger partial charge in [-0.05, 0) is 48.8 Å². The summed E-state index contributed by atoms with van der Waals surface area (Å²) in [5.41, 5.74) is 2.39. The minimum absolute atomic E-state index is 0.0999. The van der Waals surface area contributed by atoms with Crippen molar-refractivity contribution in [2.24, 2.45) is 0 Å². The first-order valence-electron chi connectivity index (χ1n) is 8.57. The van der Waals surface area contributed by atoms with Gasteiger partial charge in [0.25, 0.3) is 0 Å². The lowest BCUT2D eigenvalue weighted by Gasteiger charge is -2.26. The molecule has 3 rings (SSSR count). The Hall–Kier alpha value is -1.18. The third-order valence-electron chi connectivity index (χ3n) is 5.41. The molecule has 1 aromatic rings. The Bertz CT molecular complexity index is 519. The number of benzene rings is 1. The number of aromatic hydroxyl groups is 1. The molecule has 2 aliphatic rings. The lowest BCUT2D eigenvalue weighted by atomic mass is 9.79. The smallest absolute Gasteiger partial charge is 0.127 e. The average molecular weight is 288 g/mol. The summed E-state index contributed by atoms with van der Waals surface area (Å²) in [5, 5.41) is 10.5. The first kappa shape index (κ1) is 14.7. The number of phenols is 1. The van der Waals surface area contributed by atoms with E-state index in [0.717, 1.165) is 30.6 Å². The lowest BCUT2D eigenvalue weighted by molar-refractivity contribution is 0.224. The fourth-order valence-electron chi connectivity index (χ4n) is 3.99. The largest absolute Gasteiger partial charge is 0.508 e. The molecule has 0 saturated heterocycles. The fraction of sp³-hybridized carbons (Fsp3) is 0.684. The summed E-state index contributed by atoms with van der Waals surface area (Å²) >= 11 is 0. The normalized spacial score (nSPS) is 23.8. The Kier molecular flexibility index (Phi) is 3.90. The molecule has 0 radical (unpaired) electrons. The van der Waals surface area contributed by atoms with Crippen LogP contribution in [0.3, 0.4) is 0 Å². The Morgan fingerprint density at radius 3 is 2.81 bits per heavy atom. The van der Waals surface area contributed by atoms with Crippen LogP contribution in [0.5, 0.6) is 11.5 Å². The summed E-state index contributed by atoms with van der Waals surface area (Å²) in [6.45, 7) is 6.79. The van der Waals surface area contributed by atoms with Crippen molar-refractivity contribution >= 4 is 0 Å². The van der Waals surface area contributed by atoms with E-state index < -0.39 is 0 Å². The molecule has 0 aromatic heterocycles. The number of hydrogen-bond acceptors (Lipinski definition) is 2. The zero-order valence-electron chi connectivity index (χ0n) is 13.6. The highest BCUT2D eigenvalue weighted by Crippen LogP contribution is 2.52. The van der Waals surface area contributed by atoms with E-state index in [1.54, 1.807) is 0 Å². The van der Waals surface area contributed by atoms with Crippen molar-refractivity contribution < 1.29 is 9.84 Å². The summed E-state index contributed by atoms with van der Waals surface area (Å²) in [4.78, 5) is 0. The van der Waals surface area contributed by atoms with E-state index >= 15 is 0 Å². The maximum atomic E-state index is 10.5. The molecule has 2 unspecified atom stereocenters. The van der Waals surface area contributed by atoms with Crippen LogP contribution in [0.25, 0.3) is 0 Å². The van der Waals surface area contributed by atoms with Gasteiger partial charge in [-0.1, -0.05) is 40.0 Å². The van der Waals surface area contributed by atoms with E-state index in [4.69, 9.17) is 4.74 Å². The third kappa shape index (κ3) is 2.65. The summed E-state index contributed by atoms with van der Waals surface area (Å²) in [7, 11) is 0. The van der Waals surface area contributed by atoms with Crippen molar-refractivity contribution in [2.75, 3.05) is 0 Å². The minimum Gasteiger partial charge on any atom is -0.508 e. The van der Waals surface area contributed by atoms with Gasteiger partial charge in [-0.15, -0.1) is 0 Å². The second-order valence-corrected chi connectivity index (χ2v) is 7.44. The van der Waals surface area contributed by atoms with Crippen LogP contribution in [-0.2, 0) is 5.41 Å². The SMILES string of the molecule is CCCCCC(C)(C)c1cc(O)c2c(c1)OC1CCCC21. The third-order valence-corrected chi connectivity index (χ3v) is 5.41. The molecule has 1 saturated carbocycles. The van der Waals surface area contributed by atoms with Gasteiger partial charge in [0.05, 0.1) is 0 Å². The number of phenolic OH excluding ortho intramolecular Hbond substituents is 1. The minimum atomic E-state index is 0.0999. The molecule has 1 fully saturated rings. The van der Waals surface area contributed by atoms with Gasteiger partial charge in [-0.3, -0.25) is 0 Å². The van der Waals surface area contributed by atoms with E-state index in [1.807, 2.05) is 6.07 Å². The highest BCUT2D eigenvalue weighted by molar-refractivity contribution is 5.54. The van der Waals surface area contributed by atoms with Gasteiger partial charge >= 0.3 is 0 Å². The summed E-state index contributed by atoms with van der Waals surface area (Å²) in [6.07, 6.45) is 8.75. The first-order valence-corrected chi connectivity index (χ1v) is 8.57. The number of hydrogen-bond donors (Lipinski definition) is 1. The number of rotatable bonds is 5. The molecular formula is C19H28O2. The highest BCUT2D eigenvalue weighted by atomic mass is 16.5. The average Bonchev–Trinajstić information content (AvgIpc) is 2.98. The van der Waals surface area contributed by atoms with Crippen LogP contribution in [0, 0.1) is 0 Å². The van der Waals surface area contributed by atoms with Gasteiger partial charge < -0.3 is 9.84 Å². The molecule has 0 bridgehead atoms. The van der Waals surface area contributed by atoms with Crippen LogP contribution in [0.2, 0.25) is 0 Å². The predicted octanol–water partition coefficient (Wildman–Crippen LogP) is 5.28. The second kappa shape index (κ2) is 5.55. The van der Waals surface area contributed by atoms with Crippen LogP contribution in [0.15, 0.2) is 12.1 Å². The molecule has 2 heteroatoms. The van der Waals surface area contributed by atoms with Crippen LogP contribution in [0.1, 0.15) is 82.8 Å².